The van der Waals surface area contributed by atoms with Crippen molar-refractivity contribution in [2.45, 2.75) is 44.8 Å². The molecule has 142 valence electrons. The molecule has 4 nitrogen and oxygen atoms in total. The van der Waals surface area contributed by atoms with Crippen LogP contribution in [0.25, 0.3) is 0 Å². The maximum atomic E-state index is 13.2. The van der Waals surface area contributed by atoms with Crippen molar-refractivity contribution in [2.75, 3.05) is 18.6 Å². The molecule has 4 heteroatoms. The Hall–Kier alpha value is -2.33. The number of carbonyl (C=O) groups excluding carboxylic acids is 1. The quantitative estimate of drug-likeness (QED) is 0.779. The van der Waals surface area contributed by atoms with Gasteiger partial charge in [-0.2, -0.15) is 0 Å². The van der Waals surface area contributed by atoms with E-state index in [0.29, 0.717) is 6.61 Å². The standard InChI is InChI=1S/C23H27NO3/c1-26-20-9-7-19(8-10-20)24-16-15-23(22(24)25)13-11-21(12-14-23)27-17-18-5-3-2-4-6-18/h2-10,21H,11-17H2,1H3. The number of anilines is 1. The maximum Gasteiger partial charge on any atom is 0.233 e. The Morgan fingerprint density at radius 3 is 2.37 bits per heavy atom. The minimum absolute atomic E-state index is 0.188. The van der Waals surface area contributed by atoms with E-state index in [1.807, 2.05) is 47.4 Å². The molecular weight excluding hydrogens is 338 g/mol. The molecule has 0 unspecified atom stereocenters. The molecule has 0 bridgehead atoms. The number of rotatable bonds is 5. The molecule has 2 aromatic rings. The lowest BCUT2D eigenvalue weighted by Crippen LogP contribution is -2.39. The van der Waals surface area contributed by atoms with Gasteiger partial charge in [-0.05, 0) is 61.9 Å². The monoisotopic (exact) mass is 365 g/mol. The molecule has 1 spiro atoms. The van der Waals surface area contributed by atoms with E-state index in [2.05, 4.69) is 12.1 Å². The van der Waals surface area contributed by atoms with E-state index in [1.165, 1.54) is 5.56 Å². The summed E-state index contributed by atoms with van der Waals surface area (Å²) in [5.74, 6) is 1.10. The number of methoxy groups -OCH3 is 1. The maximum absolute atomic E-state index is 13.2. The van der Waals surface area contributed by atoms with Crippen LogP contribution in [0.1, 0.15) is 37.7 Å². The van der Waals surface area contributed by atoms with Gasteiger partial charge in [0.05, 0.1) is 25.2 Å². The predicted molar refractivity (Wildman–Crippen MR) is 106 cm³/mol. The van der Waals surface area contributed by atoms with Gasteiger partial charge < -0.3 is 14.4 Å². The van der Waals surface area contributed by atoms with Crippen molar-refractivity contribution < 1.29 is 14.3 Å². The van der Waals surface area contributed by atoms with Crippen LogP contribution in [0, 0.1) is 5.41 Å². The fourth-order valence-corrected chi connectivity index (χ4v) is 4.39. The molecule has 0 radical (unpaired) electrons. The normalized spacial score (nSPS) is 25.1. The molecule has 2 aromatic carbocycles. The van der Waals surface area contributed by atoms with E-state index >= 15 is 0 Å². The average molecular weight is 365 g/mol. The number of nitrogens with zero attached hydrogens (tertiary/aromatic N) is 1. The Morgan fingerprint density at radius 1 is 1.00 bits per heavy atom. The van der Waals surface area contributed by atoms with Crippen molar-refractivity contribution >= 4 is 11.6 Å². The molecule has 1 amide bonds. The van der Waals surface area contributed by atoms with Crippen LogP contribution in [0.5, 0.6) is 5.75 Å². The van der Waals surface area contributed by atoms with Gasteiger partial charge in [-0.15, -0.1) is 0 Å². The highest BCUT2D eigenvalue weighted by Gasteiger charge is 2.48. The molecule has 1 heterocycles. The third kappa shape index (κ3) is 3.72. The van der Waals surface area contributed by atoms with Crippen LogP contribution in [0.15, 0.2) is 54.6 Å². The van der Waals surface area contributed by atoms with Crippen LogP contribution in [-0.2, 0) is 16.1 Å². The number of ether oxygens (including phenoxy) is 2. The largest absolute Gasteiger partial charge is 0.497 e. The summed E-state index contributed by atoms with van der Waals surface area (Å²) in [7, 11) is 1.66. The lowest BCUT2D eigenvalue weighted by molar-refractivity contribution is -0.129. The summed E-state index contributed by atoms with van der Waals surface area (Å²) in [5.41, 5.74) is 1.99. The van der Waals surface area contributed by atoms with Crippen LogP contribution in [-0.4, -0.2) is 25.7 Å². The van der Waals surface area contributed by atoms with Gasteiger partial charge in [0.15, 0.2) is 0 Å². The molecule has 1 saturated heterocycles. The van der Waals surface area contributed by atoms with Gasteiger partial charge in [-0.3, -0.25) is 4.79 Å². The van der Waals surface area contributed by atoms with Gasteiger partial charge >= 0.3 is 0 Å². The molecule has 0 aromatic heterocycles. The summed E-state index contributed by atoms with van der Waals surface area (Å²) >= 11 is 0. The number of benzene rings is 2. The van der Waals surface area contributed by atoms with Crippen molar-refractivity contribution in [2.24, 2.45) is 5.41 Å². The minimum Gasteiger partial charge on any atom is -0.497 e. The minimum atomic E-state index is -0.188. The van der Waals surface area contributed by atoms with Crippen LogP contribution in [0.2, 0.25) is 0 Å². The molecule has 1 aliphatic carbocycles. The Kier molecular flexibility index (Phi) is 5.17. The highest BCUT2D eigenvalue weighted by Crippen LogP contribution is 2.46. The third-order valence-electron chi connectivity index (χ3n) is 6.12. The summed E-state index contributed by atoms with van der Waals surface area (Å²) in [4.78, 5) is 15.1. The Bertz CT molecular complexity index is 764. The zero-order valence-electron chi connectivity index (χ0n) is 15.9. The van der Waals surface area contributed by atoms with Gasteiger partial charge in [0, 0.05) is 12.2 Å². The molecule has 1 saturated carbocycles. The Balaban J connectivity index is 1.34. The molecule has 4 rings (SSSR count). The molecule has 1 aliphatic heterocycles. The van der Waals surface area contributed by atoms with Gasteiger partial charge in [-0.1, -0.05) is 30.3 Å². The first kappa shape index (κ1) is 18.1. The average Bonchev–Trinajstić information content (AvgIpc) is 3.04. The lowest BCUT2D eigenvalue weighted by Gasteiger charge is -2.35. The molecule has 0 N–H and O–H groups in total. The number of carbonyl (C=O) groups is 1. The molecule has 27 heavy (non-hydrogen) atoms. The van der Waals surface area contributed by atoms with E-state index in [1.54, 1.807) is 7.11 Å². The van der Waals surface area contributed by atoms with Crippen molar-refractivity contribution in [3.63, 3.8) is 0 Å². The summed E-state index contributed by atoms with van der Waals surface area (Å²) in [5, 5.41) is 0. The van der Waals surface area contributed by atoms with Gasteiger partial charge in [0.25, 0.3) is 0 Å². The highest BCUT2D eigenvalue weighted by molar-refractivity contribution is 6.00. The van der Waals surface area contributed by atoms with Crippen LogP contribution in [0.3, 0.4) is 0 Å². The second kappa shape index (κ2) is 7.73. The fourth-order valence-electron chi connectivity index (χ4n) is 4.39. The Morgan fingerprint density at radius 2 is 1.70 bits per heavy atom. The van der Waals surface area contributed by atoms with Crippen molar-refractivity contribution in [3.8, 4) is 5.75 Å². The first-order valence-electron chi connectivity index (χ1n) is 9.82. The van der Waals surface area contributed by atoms with Gasteiger partial charge in [0.1, 0.15) is 5.75 Å². The second-order valence-corrected chi connectivity index (χ2v) is 7.68. The second-order valence-electron chi connectivity index (χ2n) is 7.68. The fraction of sp³-hybridized carbons (Fsp3) is 0.435. The molecule has 2 fully saturated rings. The van der Waals surface area contributed by atoms with Gasteiger partial charge in [-0.25, -0.2) is 0 Å². The summed E-state index contributed by atoms with van der Waals surface area (Å²) in [6, 6.07) is 18.1. The first-order valence-corrected chi connectivity index (χ1v) is 9.82. The van der Waals surface area contributed by atoms with E-state index < -0.39 is 0 Å². The molecular formula is C23H27NO3. The summed E-state index contributed by atoms with van der Waals surface area (Å²) in [6.45, 7) is 1.46. The van der Waals surface area contributed by atoms with Crippen LogP contribution >= 0.6 is 0 Å². The first-order chi connectivity index (χ1) is 13.2. The van der Waals surface area contributed by atoms with Crippen molar-refractivity contribution in [1.29, 1.82) is 0 Å². The number of hydrogen-bond donors (Lipinski definition) is 0. The number of hydrogen-bond acceptors (Lipinski definition) is 3. The van der Waals surface area contributed by atoms with Crippen molar-refractivity contribution in [1.82, 2.24) is 0 Å². The third-order valence-corrected chi connectivity index (χ3v) is 6.12. The van der Waals surface area contributed by atoms with Gasteiger partial charge in [0.2, 0.25) is 5.91 Å². The summed E-state index contributed by atoms with van der Waals surface area (Å²) < 4.78 is 11.3. The summed E-state index contributed by atoms with van der Waals surface area (Å²) in [6.07, 6.45) is 5.00. The van der Waals surface area contributed by atoms with E-state index in [4.69, 9.17) is 9.47 Å². The topological polar surface area (TPSA) is 38.8 Å². The zero-order chi connectivity index (χ0) is 18.7. The Labute approximate surface area is 161 Å². The predicted octanol–water partition coefficient (Wildman–Crippen LogP) is 4.58. The van der Waals surface area contributed by atoms with Crippen LogP contribution in [0.4, 0.5) is 5.69 Å². The molecule has 0 atom stereocenters. The zero-order valence-corrected chi connectivity index (χ0v) is 15.9. The van der Waals surface area contributed by atoms with Crippen LogP contribution < -0.4 is 9.64 Å². The van der Waals surface area contributed by atoms with E-state index in [0.717, 1.165) is 50.1 Å². The number of amides is 1. The SMILES string of the molecule is COc1ccc(N2CCC3(CCC(OCc4ccccc4)CC3)C2=O)cc1. The van der Waals surface area contributed by atoms with E-state index in [-0.39, 0.29) is 17.4 Å². The van der Waals surface area contributed by atoms with Crippen molar-refractivity contribution in [3.05, 3.63) is 60.2 Å². The lowest BCUT2D eigenvalue weighted by atomic mass is 9.72. The van der Waals surface area contributed by atoms with E-state index in [9.17, 15) is 4.79 Å². The molecule has 2 aliphatic rings. The highest BCUT2D eigenvalue weighted by atomic mass is 16.5. The smallest absolute Gasteiger partial charge is 0.233 e.